The zero-order valence-electron chi connectivity index (χ0n) is 18.4. The third-order valence-electron chi connectivity index (χ3n) is 5.24. The number of carbonyl (C=O) groups excluding carboxylic acids is 1. The Morgan fingerprint density at radius 3 is 2.65 bits per heavy atom. The lowest BCUT2D eigenvalue weighted by Crippen LogP contribution is -2.45. The molecule has 7 nitrogen and oxygen atoms in total. The number of fused-ring (bicyclic) bond motifs is 1. The Morgan fingerprint density at radius 1 is 1.23 bits per heavy atom. The van der Waals surface area contributed by atoms with Crippen LogP contribution in [0.25, 0.3) is 0 Å². The molecule has 0 spiro atoms. The van der Waals surface area contributed by atoms with Crippen LogP contribution in [0.1, 0.15) is 50.8 Å². The van der Waals surface area contributed by atoms with Crippen LogP contribution in [0.15, 0.2) is 36.4 Å². The van der Waals surface area contributed by atoms with E-state index in [1.807, 2.05) is 12.1 Å². The highest BCUT2D eigenvalue weighted by Gasteiger charge is 2.29. The van der Waals surface area contributed by atoms with Gasteiger partial charge < -0.3 is 30.3 Å². The van der Waals surface area contributed by atoms with E-state index in [-0.39, 0.29) is 36.1 Å². The molecule has 4 N–H and O–H groups in total. The Bertz CT molecular complexity index is 896. The van der Waals surface area contributed by atoms with Crippen LogP contribution in [0.5, 0.6) is 17.2 Å². The SMILES string of the molecule is CCCCOc1ccc(CC(C)(C)NC(CO)c2ccc(O)c3c2OCC(=O)N3)cc1. The molecule has 2 aromatic carbocycles. The molecule has 168 valence electrons. The Balaban J connectivity index is 1.71. The lowest BCUT2D eigenvalue weighted by atomic mass is 9.92. The van der Waals surface area contributed by atoms with Crippen molar-refractivity contribution in [2.24, 2.45) is 0 Å². The normalized spacial score (nSPS) is 14.4. The molecule has 0 aromatic heterocycles. The van der Waals surface area contributed by atoms with Crippen LogP contribution >= 0.6 is 0 Å². The maximum atomic E-state index is 11.6. The molecule has 31 heavy (non-hydrogen) atoms. The molecule has 0 saturated heterocycles. The second-order valence-electron chi connectivity index (χ2n) is 8.50. The van der Waals surface area contributed by atoms with Crippen LogP contribution in [0.2, 0.25) is 0 Å². The number of aliphatic hydroxyl groups excluding tert-OH is 1. The molecule has 7 heteroatoms. The highest BCUT2D eigenvalue weighted by atomic mass is 16.5. The molecule has 0 aliphatic carbocycles. The van der Waals surface area contributed by atoms with Gasteiger partial charge in [-0.3, -0.25) is 4.79 Å². The van der Waals surface area contributed by atoms with E-state index >= 15 is 0 Å². The number of unbranched alkanes of at least 4 members (excludes halogenated alkanes) is 1. The molecular weight excluding hydrogens is 396 g/mol. The van der Waals surface area contributed by atoms with E-state index in [0.29, 0.717) is 11.3 Å². The lowest BCUT2D eigenvalue weighted by Gasteiger charge is -2.33. The lowest BCUT2D eigenvalue weighted by molar-refractivity contribution is -0.118. The number of ether oxygens (including phenoxy) is 2. The standard InChI is InChI=1S/C24H32N2O5/c1-4-5-12-30-17-8-6-16(7-9-17)13-24(2,3)26-19(14-27)18-10-11-20(28)22-23(18)31-15-21(29)25-22/h6-11,19,26-28H,4-5,12-15H2,1-3H3,(H,25,29). The number of benzene rings is 2. The predicted octanol–water partition coefficient (Wildman–Crippen LogP) is 3.55. The second-order valence-corrected chi connectivity index (χ2v) is 8.50. The molecule has 0 saturated carbocycles. The summed E-state index contributed by atoms with van der Waals surface area (Å²) in [5, 5.41) is 26.3. The van der Waals surface area contributed by atoms with Crippen molar-refractivity contribution < 1.29 is 24.5 Å². The Morgan fingerprint density at radius 2 is 1.97 bits per heavy atom. The molecule has 1 unspecified atom stereocenters. The number of phenolic OH excluding ortho intramolecular Hbond substituents is 1. The maximum Gasteiger partial charge on any atom is 0.262 e. The summed E-state index contributed by atoms with van der Waals surface area (Å²) in [4.78, 5) is 11.6. The van der Waals surface area contributed by atoms with Crippen LogP contribution in [-0.4, -0.2) is 41.5 Å². The molecule has 1 heterocycles. The van der Waals surface area contributed by atoms with Gasteiger partial charge in [0.15, 0.2) is 12.4 Å². The second kappa shape index (κ2) is 10.0. The van der Waals surface area contributed by atoms with E-state index < -0.39 is 6.04 Å². The van der Waals surface area contributed by atoms with Gasteiger partial charge >= 0.3 is 0 Å². The first kappa shape index (κ1) is 22.9. The van der Waals surface area contributed by atoms with E-state index in [0.717, 1.165) is 37.2 Å². The number of rotatable bonds is 10. The van der Waals surface area contributed by atoms with E-state index in [1.54, 1.807) is 6.07 Å². The monoisotopic (exact) mass is 428 g/mol. The van der Waals surface area contributed by atoms with Crippen molar-refractivity contribution in [2.75, 3.05) is 25.1 Å². The van der Waals surface area contributed by atoms with E-state index in [9.17, 15) is 15.0 Å². The van der Waals surface area contributed by atoms with Crippen molar-refractivity contribution in [3.8, 4) is 17.2 Å². The van der Waals surface area contributed by atoms with Crippen molar-refractivity contribution in [1.82, 2.24) is 5.32 Å². The zero-order valence-corrected chi connectivity index (χ0v) is 18.4. The number of hydrogen-bond donors (Lipinski definition) is 4. The third-order valence-corrected chi connectivity index (χ3v) is 5.24. The maximum absolute atomic E-state index is 11.6. The van der Waals surface area contributed by atoms with Gasteiger partial charge in [0.1, 0.15) is 17.2 Å². The fraction of sp³-hybridized carbons (Fsp3) is 0.458. The van der Waals surface area contributed by atoms with Crippen LogP contribution in [0.4, 0.5) is 5.69 Å². The molecule has 3 rings (SSSR count). The number of carbonyl (C=O) groups is 1. The minimum absolute atomic E-state index is 0.0657. The molecular formula is C24H32N2O5. The van der Waals surface area contributed by atoms with Gasteiger partial charge in [-0.05, 0) is 56.5 Å². The number of aliphatic hydroxyl groups is 1. The fourth-order valence-electron chi connectivity index (χ4n) is 3.74. The Labute approximate surface area is 183 Å². The van der Waals surface area contributed by atoms with E-state index in [4.69, 9.17) is 9.47 Å². The number of anilines is 1. The molecule has 0 fully saturated rings. The number of amides is 1. The van der Waals surface area contributed by atoms with Crippen molar-refractivity contribution in [2.45, 2.75) is 51.6 Å². The van der Waals surface area contributed by atoms with Gasteiger partial charge in [-0.25, -0.2) is 0 Å². The van der Waals surface area contributed by atoms with Gasteiger partial charge in [-0.15, -0.1) is 0 Å². The zero-order chi connectivity index (χ0) is 22.4. The minimum atomic E-state index is -0.434. The summed E-state index contributed by atoms with van der Waals surface area (Å²) in [6, 6.07) is 10.8. The smallest absolute Gasteiger partial charge is 0.262 e. The van der Waals surface area contributed by atoms with Gasteiger partial charge in [0.25, 0.3) is 5.91 Å². The van der Waals surface area contributed by atoms with Crippen molar-refractivity contribution in [1.29, 1.82) is 0 Å². The minimum Gasteiger partial charge on any atom is -0.506 e. The van der Waals surface area contributed by atoms with Crippen molar-refractivity contribution >= 4 is 11.6 Å². The quantitative estimate of drug-likeness (QED) is 0.341. The first-order chi connectivity index (χ1) is 14.8. The number of nitrogens with one attached hydrogen (secondary N) is 2. The molecule has 1 atom stereocenters. The average molecular weight is 429 g/mol. The van der Waals surface area contributed by atoms with Gasteiger partial charge in [0, 0.05) is 11.1 Å². The number of hydrogen-bond acceptors (Lipinski definition) is 6. The van der Waals surface area contributed by atoms with Crippen molar-refractivity contribution in [3.63, 3.8) is 0 Å². The largest absolute Gasteiger partial charge is 0.506 e. The summed E-state index contributed by atoms with van der Waals surface area (Å²) in [6.45, 7) is 6.70. The highest BCUT2D eigenvalue weighted by molar-refractivity contribution is 5.97. The number of phenols is 1. The number of aromatic hydroxyl groups is 1. The van der Waals surface area contributed by atoms with Crippen LogP contribution in [0.3, 0.4) is 0 Å². The molecule has 1 amide bonds. The van der Waals surface area contributed by atoms with E-state index in [2.05, 4.69) is 43.5 Å². The summed E-state index contributed by atoms with van der Waals surface area (Å²) in [7, 11) is 0. The first-order valence-corrected chi connectivity index (χ1v) is 10.7. The fourth-order valence-corrected chi connectivity index (χ4v) is 3.74. The van der Waals surface area contributed by atoms with Gasteiger partial charge in [-0.2, -0.15) is 0 Å². The average Bonchev–Trinajstić information content (AvgIpc) is 2.74. The molecule has 0 radical (unpaired) electrons. The summed E-state index contributed by atoms with van der Waals surface area (Å²) >= 11 is 0. The molecule has 1 aliphatic rings. The van der Waals surface area contributed by atoms with Crippen LogP contribution in [-0.2, 0) is 11.2 Å². The summed E-state index contributed by atoms with van der Waals surface area (Å²) in [5.74, 6) is 0.863. The molecule has 0 bridgehead atoms. The topological polar surface area (TPSA) is 100 Å². The molecule has 2 aromatic rings. The van der Waals surface area contributed by atoms with Crippen LogP contribution in [0, 0.1) is 0 Å². The predicted molar refractivity (Wildman–Crippen MR) is 120 cm³/mol. The highest BCUT2D eigenvalue weighted by Crippen LogP contribution is 2.41. The Hall–Kier alpha value is -2.77. The molecule has 1 aliphatic heterocycles. The van der Waals surface area contributed by atoms with Gasteiger partial charge in [-0.1, -0.05) is 25.5 Å². The first-order valence-electron chi connectivity index (χ1n) is 10.7. The summed E-state index contributed by atoms with van der Waals surface area (Å²) in [6.07, 6.45) is 2.87. The van der Waals surface area contributed by atoms with Gasteiger partial charge in [0.05, 0.1) is 19.3 Å². The van der Waals surface area contributed by atoms with E-state index in [1.165, 1.54) is 6.07 Å². The van der Waals surface area contributed by atoms with Crippen molar-refractivity contribution in [3.05, 3.63) is 47.5 Å². The summed E-state index contributed by atoms with van der Waals surface area (Å²) < 4.78 is 11.3. The van der Waals surface area contributed by atoms with Gasteiger partial charge in [0.2, 0.25) is 0 Å². The Kier molecular flexibility index (Phi) is 7.41. The van der Waals surface area contributed by atoms with Crippen LogP contribution < -0.4 is 20.1 Å². The summed E-state index contributed by atoms with van der Waals surface area (Å²) in [5.41, 5.74) is 1.72. The third kappa shape index (κ3) is 5.89.